The molecule has 2 nitrogen and oxygen atoms in total. The SMILES string of the molecule is CCCC(Br)CCC(CC=CCC(=O)OC)[C@@H](C)CC. The van der Waals surface area contributed by atoms with Crippen molar-refractivity contribution in [3.8, 4) is 0 Å². The van der Waals surface area contributed by atoms with E-state index in [1.54, 1.807) is 0 Å². The van der Waals surface area contributed by atoms with Gasteiger partial charge in [-0.15, -0.1) is 0 Å². The van der Waals surface area contributed by atoms with Gasteiger partial charge in [-0.3, -0.25) is 4.79 Å². The molecular weight excluding hydrogens is 316 g/mol. The van der Waals surface area contributed by atoms with Crippen LogP contribution in [0.5, 0.6) is 0 Å². The van der Waals surface area contributed by atoms with Gasteiger partial charge in [-0.25, -0.2) is 0 Å². The quantitative estimate of drug-likeness (QED) is 0.280. The van der Waals surface area contributed by atoms with Gasteiger partial charge in [0, 0.05) is 4.83 Å². The van der Waals surface area contributed by atoms with Gasteiger partial charge in [-0.2, -0.15) is 0 Å². The molecule has 0 fully saturated rings. The van der Waals surface area contributed by atoms with Gasteiger partial charge in [-0.05, 0) is 37.5 Å². The van der Waals surface area contributed by atoms with Gasteiger partial charge in [0.1, 0.15) is 0 Å². The van der Waals surface area contributed by atoms with Gasteiger partial charge in [0.05, 0.1) is 13.5 Å². The summed E-state index contributed by atoms with van der Waals surface area (Å²) in [5.74, 6) is 1.29. The first-order chi connectivity index (χ1) is 9.54. The van der Waals surface area contributed by atoms with Gasteiger partial charge >= 0.3 is 5.97 Å². The largest absolute Gasteiger partial charge is 0.469 e. The molecule has 0 radical (unpaired) electrons. The molecule has 0 heterocycles. The highest BCUT2D eigenvalue weighted by Gasteiger charge is 2.16. The molecule has 0 aliphatic carbocycles. The molecule has 0 saturated heterocycles. The molecule has 0 aromatic rings. The average Bonchev–Trinajstić information content (AvgIpc) is 2.45. The fourth-order valence-corrected chi connectivity index (χ4v) is 3.08. The Morgan fingerprint density at radius 1 is 1.20 bits per heavy atom. The highest BCUT2D eigenvalue weighted by atomic mass is 79.9. The number of rotatable bonds is 11. The summed E-state index contributed by atoms with van der Waals surface area (Å²) in [4.78, 5) is 11.7. The predicted molar refractivity (Wildman–Crippen MR) is 90.2 cm³/mol. The normalized spacial score (nSPS) is 16.1. The number of alkyl halides is 1. The summed E-state index contributed by atoms with van der Waals surface area (Å²) in [6.45, 7) is 6.82. The number of halogens is 1. The van der Waals surface area contributed by atoms with Crippen molar-refractivity contribution in [3.05, 3.63) is 12.2 Å². The molecule has 0 aliphatic rings. The predicted octanol–water partition coefficient (Wildman–Crippen LogP) is 5.50. The van der Waals surface area contributed by atoms with Crippen molar-refractivity contribution in [1.29, 1.82) is 0 Å². The molecule has 3 atom stereocenters. The van der Waals surface area contributed by atoms with E-state index < -0.39 is 0 Å². The van der Waals surface area contributed by atoms with E-state index in [1.807, 2.05) is 6.08 Å². The molecule has 0 spiro atoms. The van der Waals surface area contributed by atoms with Crippen LogP contribution in [0.3, 0.4) is 0 Å². The van der Waals surface area contributed by atoms with Crippen LogP contribution in [0.2, 0.25) is 0 Å². The molecule has 0 aliphatic heterocycles. The fraction of sp³-hybridized carbons (Fsp3) is 0.824. The van der Waals surface area contributed by atoms with Crippen molar-refractivity contribution in [3.63, 3.8) is 0 Å². The molecule has 2 unspecified atom stereocenters. The zero-order valence-corrected chi connectivity index (χ0v) is 15.1. The first kappa shape index (κ1) is 19.7. The van der Waals surface area contributed by atoms with Crippen molar-refractivity contribution < 1.29 is 9.53 Å². The van der Waals surface area contributed by atoms with E-state index in [4.69, 9.17) is 0 Å². The second kappa shape index (κ2) is 12.4. The lowest BCUT2D eigenvalue weighted by Gasteiger charge is -2.23. The number of carbonyl (C=O) groups excluding carboxylic acids is 1. The molecule has 0 aromatic carbocycles. The Balaban J connectivity index is 4.18. The minimum Gasteiger partial charge on any atom is -0.469 e. The van der Waals surface area contributed by atoms with E-state index in [9.17, 15) is 4.79 Å². The summed E-state index contributed by atoms with van der Waals surface area (Å²) in [6, 6.07) is 0. The summed E-state index contributed by atoms with van der Waals surface area (Å²) in [5, 5.41) is 0. The van der Waals surface area contributed by atoms with E-state index in [-0.39, 0.29) is 5.97 Å². The third kappa shape index (κ3) is 9.57. The Morgan fingerprint density at radius 3 is 2.45 bits per heavy atom. The van der Waals surface area contributed by atoms with Crippen molar-refractivity contribution in [2.24, 2.45) is 11.8 Å². The number of allylic oxidation sites excluding steroid dienone is 1. The van der Waals surface area contributed by atoms with Gasteiger partial charge in [-0.1, -0.05) is 61.7 Å². The molecule has 0 rings (SSSR count). The van der Waals surface area contributed by atoms with E-state index >= 15 is 0 Å². The second-order valence-electron chi connectivity index (χ2n) is 5.60. The first-order valence-electron chi connectivity index (χ1n) is 7.90. The van der Waals surface area contributed by atoms with Gasteiger partial charge in [0.15, 0.2) is 0 Å². The molecule has 0 aromatic heterocycles. The molecular formula is C17H31BrO2. The third-order valence-corrected chi connectivity index (χ3v) is 4.93. The van der Waals surface area contributed by atoms with Crippen molar-refractivity contribution in [2.75, 3.05) is 7.11 Å². The number of carbonyl (C=O) groups is 1. The molecule has 3 heteroatoms. The fourth-order valence-electron chi connectivity index (χ4n) is 2.35. The number of hydrogen-bond acceptors (Lipinski definition) is 2. The van der Waals surface area contributed by atoms with Crippen LogP contribution in [0.15, 0.2) is 12.2 Å². The van der Waals surface area contributed by atoms with Gasteiger partial charge < -0.3 is 4.74 Å². The molecule has 20 heavy (non-hydrogen) atoms. The maximum absolute atomic E-state index is 11.1. The Morgan fingerprint density at radius 2 is 1.90 bits per heavy atom. The topological polar surface area (TPSA) is 26.3 Å². The van der Waals surface area contributed by atoms with Gasteiger partial charge in [0.25, 0.3) is 0 Å². The zero-order valence-electron chi connectivity index (χ0n) is 13.5. The molecule has 0 bridgehead atoms. The van der Waals surface area contributed by atoms with Crippen LogP contribution in [0, 0.1) is 11.8 Å². The zero-order chi connectivity index (χ0) is 15.4. The number of ether oxygens (including phenoxy) is 1. The monoisotopic (exact) mass is 346 g/mol. The maximum Gasteiger partial charge on any atom is 0.309 e. The first-order valence-corrected chi connectivity index (χ1v) is 8.82. The molecule has 0 amide bonds. The molecule has 118 valence electrons. The van der Waals surface area contributed by atoms with Gasteiger partial charge in [0.2, 0.25) is 0 Å². The minimum atomic E-state index is -0.162. The van der Waals surface area contributed by atoms with Crippen LogP contribution < -0.4 is 0 Å². The minimum absolute atomic E-state index is 0.162. The van der Waals surface area contributed by atoms with E-state index in [0.717, 1.165) is 12.3 Å². The highest BCUT2D eigenvalue weighted by Crippen LogP contribution is 2.27. The summed E-state index contributed by atoms with van der Waals surface area (Å²) < 4.78 is 4.64. The number of esters is 1. The van der Waals surface area contributed by atoms with E-state index in [1.165, 1.54) is 39.2 Å². The second-order valence-corrected chi connectivity index (χ2v) is 6.89. The van der Waals surface area contributed by atoms with E-state index in [2.05, 4.69) is 47.5 Å². The lowest BCUT2D eigenvalue weighted by Crippen LogP contribution is -2.12. The number of hydrogen-bond donors (Lipinski definition) is 0. The Kier molecular flexibility index (Phi) is 12.2. The Labute approximate surface area is 133 Å². The smallest absolute Gasteiger partial charge is 0.309 e. The highest BCUT2D eigenvalue weighted by molar-refractivity contribution is 9.09. The van der Waals surface area contributed by atoms with Crippen LogP contribution in [-0.2, 0) is 9.53 Å². The van der Waals surface area contributed by atoms with Crippen LogP contribution in [0.25, 0.3) is 0 Å². The van der Waals surface area contributed by atoms with Crippen LogP contribution >= 0.6 is 15.9 Å². The Bertz CT molecular complexity index is 276. The maximum atomic E-state index is 11.1. The summed E-state index contributed by atoms with van der Waals surface area (Å²) in [6.07, 6.45) is 11.8. The van der Waals surface area contributed by atoms with Crippen molar-refractivity contribution in [1.82, 2.24) is 0 Å². The lowest BCUT2D eigenvalue weighted by molar-refractivity contribution is -0.139. The summed E-state index contributed by atoms with van der Waals surface area (Å²) in [5.41, 5.74) is 0. The van der Waals surface area contributed by atoms with Crippen molar-refractivity contribution >= 4 is 21.9 Å². The summed E-state index contributed by atoms with van der Waals surface area (Å²) >= 11 is 3.77. The molecule has 0 N–H and O–H groups in total. The molecule has 0 saturated carbocycles. The van der Waals surface area contributed by atoms with E-state index in [0.29, 0.717) is 17.2 Å². The third-order valence-electron chi connectivity index (χ3n) is 4.02. The number of methoxy groups -OCH3 is 1. The van der Waals surface area contributed by atoms with Crippen LogP contribution in [0.1, 0.15) is 65.7 Å². The van der Waals surface area contributed by atoms with Crippen LogP contribution in [0.4, 0.5) is 0 Å². The van der Waals surface area contributed by atoms with Crippen molar-refractivity contribution in [2.45, 2.75) is 70.5 Å². The Hall–Kier alpha value is -0.310. The van der Waals surface area contributed by atoms with Crippen LogP contribution in [-0.4, -0.2) is 17.9 Å². The summed E-state index contributed by atoms with van der Waals surface area (Å²) in [7, 11) is 1.43. The average molecular weight is 347 g/mol. The standard InChI is InChI=1S/C17H31BrO2/c1-5-9-16(18)13-12-15(14(3)6-2)10-7-8-11-17(19)20-4/h7-8,14-16H,5-6,9-13H2,1-4H3/t14-,15?,16?/m0/s1. The lowest BCUT2D eigenvalue weighted by atomic mass is 9.84.